The minimum atomic E-state index is -0.860. The highest BCUT2D eigenvalue weighted by Crippen LogP contribution is 2.11. The van der Waals surface area contributed by atoms with Crippen LogP contribution in [0.1, 0.15) is 33.3 Å². The zero-order valence-electron chi connectivity index (χ0n) is 13.8. The fraction of sp³-hybridized carbons (Fsp3) is 0.562. The molecule has 0 saturated heterocycles. The quantitative estimate of drug-likeness (QED) is 0.616. The van der Waals surface area contributed by atoms with Crippen molar-refractivity contribution in [3.63, 3.8) is 0 Å². The molecule has 1 unspecified atom stereocenters. The van der Waals surface area contributed by atoms with E-state index in [1.54, 1.807) is 0 Å². The summed E-state index contributed by atoms with van der Waals surface area (Å²) in [6.07, 6.45) is 0. The van der Waals surface area contributed by atoms with Crippen molar-refractivity contribution in [3.8, 4) is 0 Å². The van der Waals surface area contributed by atoms with Gasteiger partial charge in [-0.3, -0.25) is 4.21 Å². The molecule has 0 radical (unpaired) electrons. The number of guanidine groups is 1. The summed E-state index contributed by atoms with van der Waals surface area (Å²) in [5.74, 6) is 1.35. The number of nitrogens with one attached hydrogen (secondary N) is 2. The Labute approximate surface area is 141 Å². The highest BCUT2D eigenvalue weighted by atomic mass is 35.5. The van der Waals surface area contributed by atoms with Crippen LogP contribution in [-0.4, -0.2) is 33.8 Å². The summed E-state index contributed by atoms with van der Waals surface area (Å²) in [4.78, 5) is 4.52. The normalized spacial score (nSPS) is 13.8. The zero-order chi connectivity index (χ0) is 16.6. The maximum atomic E-state index is 12.0. The molecule has 1 atom stereocenters. The van der Waals surface area contributed by atoms with E-state index in [9.17, 15) is 4.21 Å². The minimum Gasteiger partial charge on any atom is -0.357 e. The van der Waals surface area contributed by atoms with Crippen LogP contribution in [0.5, 0.6) is 0 Å². The number of halogens is 1. The molecule has 2 N–H and O–H groups in total. The lowest BCUT2D eigenvalue weighted by Crippen LogP contribution is -2.40. The topological polar surface area (TPSA) is 53.5 Å². The van der Waals surface area contributed by atoms with Crippen molar-refractivity contribution in [2.45, 2.75) is 39.0 Å². The average molecular weight is 344 g/mol. The van der Waals surface area contributed by atoms with Gasteiger partial charge < -0.3 is 10.6 Å². The predicted molar refractivity (Wildman–Crippen MR) is 97.0 cm³/mol. The number of aliphatic imine (C=N–C) groups is 1. The number of hydrogen-bond acceptors (Lipinski definition) is 2. The van der Waals surface area contributed by atoms with Crippen LogP contribution in [0, 0.1) is 0 Å². The molecule has 0 aliphatic rings. The Kier molecular flexibility index (Phi) is 7.90. The Balaban J connectivity index is 2.52. The van der Waals surface area contributed by atoms with Crippen molar-refractivity contribution in [3.05, 3.63) is 34.9 Å². The first-order valence-electron chi connectivity index (χ1n) is 7.48. The van der Waals surface area contributed by atoms with Gasteiger partial charge in [0.05, 0.1) is 6.54 Å². The molecule has 0 saturated carbocycles. The Bertz CT molecular complexity index is 509. The monoisotopic (exact) mass is 343 g/mol. The summed E-state index contributed by atoms with van der Waals surface area (Å²) < 4.78 is 11.8. The largest absolute Gasteiger partial charge is 0.357 e. The van der Waals surface area contributed by atoms with E-state index < -0.39 is 10.8 Å². The van der Waals surface area contributed by atoms with Gasteiger partial charge in [-0.05, 0) is 45.4 Å². The van der Waals surface area contributed by atoms with E-state index in [4.69, 9.17) is 11.6 Å². The van der Waals surface area contributed by atoms with E-state index in [0.29, 0.717) is 18.8 Å². The molecular weight excluding hydrogens is 318 g/mol. The molecule has 22 heavy (non-hydrogen) atoms. The van der Waals surface area contributed by atoms with Gasteiger partial charge in [-0.15, -0.1) is 0 Å². The molecule has 0 heterocycles. The lowest BCUT2D eigenvalue weighted by Gasteiger charge is -2.18. The second-order valence-corrected chi connectivity index (χ2v) is 8.67. The molecule has 124 valence electrons. The van der Waals surface area contributed by atoms with Crippen LogP contribution in [0.25, 0.3) is 0 Å². The van der Waals surface area contributed by atoms with Crippen LogP contribution in [-0.2, 0) is 17.3 Å². The zero-order valence-corrected chi connectivity index (χ0v) is 15.4. The Hall–Kier alpha value is -1.07. The first-order chi connectivity index (χ1) is 10.3. The van der Waals surface area contributed by atoms with Crippen LogP contribution in [0.15, 0.2) is 29.3 Å². The molecule has 1 aromatic carbocycles. The van der Waals surface area contributed by atoms with Gasteiger partial charge in [-0.25, -0.2) is 4.99 Å². The summed E-state index contributed by atoms with van der Waals surface area (Å²) in [5.41, 5.74) is 1.10. The summed E-state index contributed by atoms with van der Waals surface area (Å²) in [5, 5.41) is 7.14. The number of benzene rings is 1. The molecule has 0 amide bonds. The maximum Gasteiger partial charge on any atom is 0.191 e. The second-order valence-electron chi connectivity index (χ2n) is 5.91. The summed E-state index contributed by atoms with van der Waals surface area (Å²) in [6.45, 7) is 9.99. The first-order valence-corrected chi connectivity index (χ1v) is 9.17. The predicted octanol–water partition coefficient (Wildman–Crippen LogP) is 2.94. The maximum absolute atomic E-state index is 12.0. The summed E-state index contributed by atoms with van der Waals surface area (Å²) in [6, 6.07) is 7.65. The molecule has 4 nitrogen and oxygen atoms in total. The molecule has 1 aromatic rings. The standard InChI is InChI=1S/C16H26ClN3OS/c1-5-18-15(19-10-11-22(21)16(2,3)4)20-12-13-6-8-14(17)9-7-13/h6-9H,5,10-12H2,1-4H3,(H2,18,19,20). The van der Waals surface area contributed by atoms with Crippen molar-refractivity contribution >= 4 is 28.4 Å². The van der Waals surface area contributed by atoms with E-state index in [1.165, 1.54) is 0 Å². The van der Waals surface area contributed by atoms with Crippen LogP contribution in [0.2, 0.25) is 5.02 Å². The van der Waals surface area contributed by atoms with Crippen LogP contribution in [0.4, 0.5) is 0 Å². The second kappa shape index (κ2) is 9.16. The fourth-order valence-corrected chi connectivity index (χ4v) is 2.70. The summed E-state index contributed by atoms with van der Waals surface area (Å²) in [7, 11) is -0.860. The molecule has 0 fully saturated rings. The van der Waals surface area contributed by atoms with Gasteiger partial charge in [0.2, 0.25) is 0 Å². The van der Waals surface area contributed by atoms with E-state index in [2.05, 4.69) is 15.6 Å². The van der Waals surface area contributed by atoms with Crippen molar-refractivity contribution < 1.29 is 4.21 Å². The first kappa shape index (κ1) is 19.0. The van der Waals surface area contributed by atoms with E-state index in [-0.39, 0.29) is 4.75 Å². The lowest BCUT2D eigenvalue weighted by molar-refractivity contribution is 0.647. The van der Waals surface area contributed by atoms with Crippen molar-refractivity contribution in [2.24, 2.45) is 4.99 Å². The minimum absolute atomic E-state index is 0.180. The van der Waals surface area contributed by atoms with Crippen molar-refractivity contribution in [2.75, 3.05) is 18.8 Å². The molecule has 0 aromatic heterocycles. The highest BCUT2D eigenvalue weighted by Gasteiger charge is 2.18. The van der Waals surface area contributed by atoms with Crippen LogP contribution < -0.4 is 10.6 Å². The Morgan fingerprint density at radius 3 is 2.41 bits per heavy atom. The van der Waals surface area contributed by atoms with Crippen molar-refractivity contribution in [1.29, 1.82) is 0 Å². The number of nitrogens with zero attached hydrogens (tertiary/aromatic N) is 1. The van der Waals surface area contributed by atoms with Gasteiger partial charge in [-0.1, -0.05) is 23.7 Å². The molecule has 6 heteroatoms. The summed E-state index contributed by atoms with van der Waals surface area (Å²) >= 11 is 5.87. The third kappa shape index (κ3) is 7.27. The number of hydrogen-bond donors (Lipinski definition) is 2. The smallest absolute Gasteiger partial charge is 0.191 e. The van der Waals surface area contributed by atoms with E-state index in [1.807, 2.05) is 52.0 Å². The molecule has 0 bridgehead atoms. The third-order valence-corrected chi connectivity index (χ3v) is 5.13. The molecular formula is C16H26ClN3OS. The average Bonchev–Trinajstić information content (AvgIpc) is 2.45. The van der Waals surface area contributed by atoms with Gasteiger partial charge >= 0.3 is 0 Å². The molecule has 0 spiro atoms. The van der Waals surface area contributed by atoms with Crippen LogP contribution in [0.3, 0.4) is 0 Å². The van der Waals surface area contributed by atoms with E-state index >= 15 is 0 Å². The Morgan fingerprint density at radius 2 is 1.86 bits per heavy atom. The van der Waals surface area contributed by atoms with E-state index in [0.717, 1.165) is 23.1 Å². The number of rotatable bonds is 6. The van der Waals surface area contributed by atoms with Crippen LogP contribution >= 0.6 is 11.6 Å². The van der Waals surface area contributed by atoms with Gasteiger partial charge in [0.1, 0.15) is 0 Å². The molecule has 0 aliphatic heterocycles. The van der Waals surface area contributed by atoms with Gasteiger partial charge in [0, 0.05) is 39.4 Å². The lowest BCUT2D eigenvalue weighted by atomic mass is 10.2. The van der Waals surface area contributed by atoms with Crippen molar-refractivity contribution in [1.82, 2.24) is 10.6 Å². The molecule has 1 rings (SSSR count). The Morgan fingerprint density at radius 1 is 1.23 bits per heavy atom. The van der Waals surface area contributed by atoms with Gasteiger partial charge in [0.15, 0.2) is 5.96 Å². The fourth-order valence-electron chi connectivity index (χ4n) is 1.67. The van der Waals surface area contributed by atoms with Gasteiger partial charge in [-0.2, -0.15) is 0 Å². The molecule has 0 aliphatic carbocycles. The SMILES string of the molecule is CCNC(=NCc1ccc(Cl)cc1)NCCS(=O)C(C)(C)C. The third-order valence-electron chi connectivity index (χ3n) is 2.94. The highest BCUT2D eigenvalue weighted by molar-refractivity contribution is 7.86. The van der Waals surface area contributed by atoms with Gasteiger partial charge in [0.25, 0.3) is 0 Å².